The molecular formula is C57H42O4. The van der Waals surface area contributed by atoms with E-state index >= 15 is 0 Å². The Bertz CT molecular complexity index is 2730. The third-order valence-electron chi connectivity index (χ3n) is 11.1. The average molecular weight is 791 g/mol. The Balaban J connectivity index is 1.37. The Morgan fingerprint density at radius 3 is 1.13 bits per heavy atom. The first-order valence-electron chi connectivity index (χ1n) is 20.5. The highest BCUT2D eigenvalue weighted by Crippen LogP contribution is 2.58. The molecule has 0 aromatic heterocycles. The predicted octanol–water partition coefficient (Wildman–Crippen LogP) is 10.9. The highest BCUT2D eigenvalue weighted by Gasteiger charge is 2.47. The van der Waals surface area contributed by atoms with E-state index in [0.717, 1.165) is 77.9 Å². The van der Waals surface area contributed by atoms with Crippen molar-refractivity contribution in [1.82, 2.24) is 0 Å². The van der Waals surface area contributed by atoms with E-state index in [1.807, 2.05) is 109 Å². The minimum absolute atomic E-state index is 0.104. The number of benzene rings is 8. The molecule has 9 rings (SSSR count). The first kappa shape index (κ1) is 38.9. The van der Waals surface area contributed by atoms with Crippen molar-refractivity contribution in [3.8, 4) is 68.6 Å². The van der Waals surface area contributed by atoms with Crippen LogP contribution in [0.1, 0.15) is 44.5 Å². The molecule has 0 unspecified atom stereocenters. The molecule has 4 heteroatoms. The van der Waals surface area contributed by atoms with Gasteiger partial charge in [0.05, 0.1) is 18.6 Å². The van der Waals surface area contributed by atoms with E-state index in [2.05, 4.69) is 109 Å². The average Bonchev–Trinajstić information content (AvgIpc) is 3.62. The van der Waals surface area contributed by atoms with Crippen LogP contribution in [0.4, 0.5) is 0 Å². The van der Waals surface area contributed by atoms with Crippen LogP contribution in [0.5, 0.6) is 11.5 Å². The van der Waals surface area contributed by atoms with Gasteiger partial charge in [0.15, 0.2) is 0 Å². The summed E-state index contributed by atoms with van der Waals surface area (Å²) in [5, 5.41) is 19.7. The second kappa shape index (κ2) is 17.7. The Hall–Kier alpha value is -7.60. The molecule has 0 radical (unpaired) electrons. The highest BCUT2D eigenvalue weighted by molar-refractivity contribution is 5.89. The molecule has 4 nitrogen and oxygen atoms in total. The van der Waals surface area contributed by atoms with Crippen molar-refractivity contribution < 1.29 is 19.7 Å². The molecule has 0 aliphatic heterocycles. The van der Waals surface area contributed by atoms with Gasteiger partial charge in [-0.15, -0.1) is 0 Å². The lowest BCUT2D eigenvalue weighted by Gasteiger charge is -2.35. The number of ether oxygens (including phenoxy) is 2. The summed E-state index contributed by atoms with van der Waals surface area (Å²) in [6, 6.07) is 66.5. The quantitative estimate of drug-likeness (QED) is 0.136. The second-order valence-electron chi connectivity index (χ2n) is 14.8. The number of hydrogen-bond donors (Lipinski definition) is 2. The molecule has 0 fully saturated rings. The van der Waals surface area contributed by atoms with Gasteiger partial charge in [-0.05, 0) is 117 Å². The van der Waals surface area contributed by atoms with Gasteiger partial charge >= 0.3 is 0 Å². The molecule has 8 aromatic carbocycles. The number of fused-ring (bicyclic) bond motifs is 3. The minimum atomic E-state index is -0.891. The lowest BCUT2D eigenvalue weighted by Crippen LogP contribution is -2.29. The maximum absolute atomic E-state index is 9.83. The normalized spacial score (nSPS) is 11.9. The largest absolute Gasteiger partial charge is 0.491 e. The monoisotopic (exact) mass is 790 g/mol. The van der Waals surface area contributed by atoms with Gasteiger partial charge < -0.3 is 19.7 Å². The summed E-state index contributed by atoms with van der Waals surface area (Å²) in [5.74, 6) is 15.1. The van der Waals surface area contributed by atoms with Gasteiger partial charge in [-0.3, -0.25) is 0 Å². The zero-order valence-electron chi connectivity index (χ0n) is 33.5. The molecule has 0 amide bonds. The molecule has 0 saturated heterocycles. The van der Waals surface area contributed by atoms with E-state index in [1.54, 1.807) is 0 Å². The SMILES string of the molecule is OCCOc1ccc(C2(c3ccc(OCCO)c(-c4ccccc4)c3)c3cc(C#Cc4ccccc4)ccc3-c3ccc(C#Cc4ccccc4)cc32)cc1-c1ccccc1. The Morgan fingerprint density at radius 1 is 0.361 bits per heavy atom. The number of hydrogen-bond acceptors (Lipinski definition) is 4. The van der Waals surface area contributed by atoms with Crippen molar-refractivity contribution in [2.75, 3.05) is 26.4 Å². The van der Waals surface area contributed by atoms with Gasteiger partial charge in [0, 0.05) is 33.4 Å². The summed E-state index contributed by atoms with van der Waals surface area (Å²) in [6.45, 7) is 0.123. The Labute approximate surface area is 357 Å². The molecule has 1 aliphatic carbocycles. The number of rotatable bonds is 10. The van der Waals surface area contributed by atoms with E-state index in [4.69, 9.17) is 9.47 Å². The fraction of sp³-hybridized carbons (Fsp3) is 0.0877. The summed E-state index contributed by atoms with van der Waals surface area (Å²) < 4.78 is 12.5. The van der Waals surface area contributed by atoms with Gasteiger partial charge in [-0.25, -0.2) is 0 Å². The van der Waals surface area contributed by atoms with Crippen LogP contribution in [0.15, 0.2) is 194 Å². The second-order valence-corrected chi connectivity index (χ2v) is 14.8. The van der Waals surface area contributed by atoms with Crippen molar-refractivity contribution in [3.05, 3.63) is 239 Å². The molecule has 0 bridgehead atoms. The number of aliphatic hydroxyl groups is 2. The van der Waals surface area contributed by atoms with Crippen molar-refractivity contribution in [3.63, 3.8) is 0 Å². The molecule has 0 heterocycles. The third-order valence-corrected chi connectivity index (χ3v) is 11.1. The Kier molecular flexibility index (Phi) is 11.3. The van der Waals surface area contributed by atoms with Crippen LogP contribution in [0.3, 0.4) is 0 Å². The molecule has 0 saturated carbocycles. The van der Waals surface area contributed by atoms with Gasteiger partial charge in [0.25, 0.3) is 0 Å². The van der Waals surface area contributed by atoms with Gasteiger partial charge in [0.2, 0.25) is 0 Å². The highest BCUT2D eigenvalue weighted by atomic mass is 16.5. The van der Waals surface area contributed by atoms with E-state index in [1.165, 1.54) is 0 Å². The maximum atomic E-state index is 9.83. The van der Waals surface area contributed by atoms with Crippen LogP contribution >= 0.6 is 0 Å². The summed E-state index contributed by atoms with van der Waals surface area (Å²) >= 11 is 0. The standard InChI is InChI=1S/C57H42O4/c58-33-35-60-55-31-27-47(39-51(55)45-17-9-3-10-18-45)57(48-28-32-56(61-36-34-59)52(40-48)46-19-11-4-12-20-46)53-37-43(23-21-41-13-5-1-6-14-41)25-29-49(53)50-30-26-44(38-54(50)57)24-22-42-15-7-2-8-16-42/h1-20,25-32,37-40,58-59H,33-36H2. The van der Waals surface area contributed by atoms with Crippen LogP contribution in [0.2, 0.25) is 0 Å². The molecule has 1 aliphatic rings. The summed E-state index contributed by atoms with van der Waals surface area (Å²) in [7, 11) is 0. The first-order chi connectivity index (χ1) is 30.1. The van der Waals surface area contributed by atoms with Crippen LogP contribution < -0.4 is 9.47 Å². The molecule has 294 valence electrons. The fourth-order valence-corrected chi connectivity index (χ4v) is 8.38. The van der Waals surface area contributed by atoms with Gasteiger partial charge in [0.1, 0.15) is 24.7 Å². The molecule has 8 aromatic rings. The lowest BCUT2D eigenvalue weighted by atomic mass is 9.66. The van der Waals surface area contributed by atoms with Crippen LogP contribution in [-0.4, -0.2) is 36.6 Å². The van der Waals surface area contributed by atoms with Crippen LogP contribution in [0.25, 0.3) is 33.4 Å². The predicted molar refractivity (Wildman–Crippen MR) is 245 cm³/mol. The first-order valence-corrected chi connectivity index (χ1v) is 20.5. The fourth-order valence-electron chi connectivity index (χ4n) is 8.38. The summed E-state index contributed by atoms with van der Waals surface area (Å²) in [4.78, 5) is 0. The van der Waals surface area contributed by atoms with Crippen molar-refractivity contribution in [2.24, 2.45) is 0 Å². The van der Waals surface area contributed by atoms with E-state index < -0.39 is 5.41 Å². The van der Waals surface area contributed by atoms with Crippen LogP contribution in [0, 0.1) is 23.7 Å². The van der Waals surface area contributed by atoms with Crippen molar-refractivity contribution in [1.29, 1.82) is 0 Å². The third kappa shape index (κ3) is 7.83. The van der Waals surface area contributed by atoms with E-state index in [0.29, 0.717) is 11.5 Å². The van der Waals surface area contributed by atoms with Crippen LogP contribution in [-0.2, 0) is 5.41 Å². The molecule has 61 heavy (non-hydrogen) atoms. The van der Waals surface area contributed by atoms with E-state index in [-0.39, 0.29) is 26.4 Å². The minimum Gasteiger partial charge on any atom is -0.491 e. The zero-order valence-corrected chi connectivity index (χ0v) is 33.5. The Morgan fingerprint density at radius 2 is 0.738 bits per heavy atom. The molecule has 0 atom stereocenters. The zero-order chi connectivity index (χ0) is 41.4. The van der Waals surface area contributed by atoms with E-state index in [9.17, 15) is 10.2 Å². The summed E-state index contributed by atoms with van der Waals surface area (Å²) in [5.41, 5.74) is 13.0. The van der Waals surface area contributed by atoms with Gasteiger partial charge in [-0.2, -0.15) is 0 Å². The van der Waals surface area contributed by atoms with Gasteiger partial charge in [-0.1, -0.05) is 145 Å². The maximum Gasteiger partial charge on any atom is 0.127 e. The smallest absolute Gasteiger partial charge is 0.127 e. The van der Waals surface area contributed by atoms with Crippen molar-refractivity contribution in [2.45, 2.75) is 5.41 Å². The molecule has 2 N–H and O–H groups in total. The lowest BCUT2D eigenvalue weighted by molar-refractivity contribution is 0.202. The topological polar surface area (TPSA) is 58.9 Å². The number of aliphatic hydroxyl groups excluding tert-OH is 2. The van der Waals surface area contributed by atoms with Crippen molar-refractivity contribution >= 4 is 0 Å². The molecule has 0 spiro atoms. The summed E-state index contributed by atoms with van der Waals surface area (Å²) in [6.07, 6.45) is 0. The molecular weight excluding hydrogens is 749 g/mol.